The van der Waals surface area contributed by atoms with Gasteiger partial charge in [-0.05, 0) is 6.08 Å². The van der Waals surface area contributed by atoms with Gasteiger partial charge in [0.2, 0.25) is 0 Å². The summed E-state index contributed by atoms with van der Waals surface area (Å²) in [6.07, 6.45) is 1.41. The number of carboxylic acids is 1. The quantitative estimate of drug-likeness (QED) is 0.214. The van der Waals surface area contributed by atoms with Crippen molar-refractivity contribution in [3.05, 3.63) is 22.8 Å². The van der Waals surface area contributed by atoms with Gasteiger partial charge >= 0.3 is 29.6 Å². The number of thioether (sulfide) groups is 1. The second kappa shape index (κ2) is 8.39. The van der Waals surface area contributed by atoms with E-state index in [0.717, 1.165) is 16.2 Å². The number of anilines is 1. The summed E-state index contributed by atoms with van der Waals surface area (Å²) in [5.41, 5.74) is 5.46. The molecule has 1 fully saturated rings. The van der Waals surface area contributed by atoms with Gasteiger partial charge < -0.3 is 25.8 Å². The number of hydrogen-bond acceptors (Lipinski definition) is 10. The largest absolute Gasteiger partial charge is 1.00 e. The summed E-state index contributed by atoms with van der Waals surface area (Å²) in [6, 6.07) is -0.876. The van der Waals surface area contributed by atoms with Crippen LogP contribution in [0, 0.1) is 0 Å². The van der Waals surface area contributed by atoms with Crippen molar-refractivity contribution in [3.8, 4) is 0 Å². The Balaban J connectivity index is 0.00000243. The predicted octanol–water partition coefficient (Wildman–Crippen LogP) is -4.89. The van der Waals surface area contributed by atoms with Crippen molar-refractivity contribution in [1.82, 2.24) is 15.2 Å². The number of carboxylic acid groups (broad SMARTS) is 1. The van der Waals surface area contributed by atoms with Crippen LogP contribution in [0.15, 0.2) is 22.3 Å². The average molecular weight is 405 g/mol. The zero-order chi connectivity index (χ0) is 18.1. The fourth-order valence-electron chi connectivity index (χ4n) is 2.43. The number of aliphatic carboxylic acids is 1. The summed E-state index contributed by atoms with van der Waals surface area (Å²) in [5, 5.41) is 18.5. The molecule has 3 heterocycles. The van der Waals surface area contributed by atoms with Crippen LogP contribution in [-0.4, -0.2) is 57.7 Å². The van der Waals surface area contributed by atoms with Gasteiger partial charge in [-0.3, -0.25) is 14.5 Å². The van der Waals surface area contributed by atoms with E-state index in [9.17, 15) is 19.5 Å². The van der Waals surface area contributed by atoms with Gasteiger partial charge in [0, 0.05) is 11.1 Å². The first-order valence-corrected chi connectivity index (χ1v) is 8.86. The molecule has 2 atom stereocenters. The van der Waals surface area contributed by atoms with Crippen LogP contribution < -0.4 is 45.7 Å². The molecule has 26 heavy (non-hydrogen) atoms. The number of aromatic nitrogens is 1. The number of nitrogens with zero attached hydrogens (tertiary/aromatic N) is 3. The number of nitrogen functional groups attached to an aromatic ring is 1. The van der Waals surface area contributed by atoms with Gasteiger partial charge in [-0.1, -0.05) is 5.16 Å². The van der Waals surface area contributed by atoms with Gasteiger partial charge in [0.05, 0.1) is 11.7 Å². The number of carbonyl (C=O) groups is 3. The number of amides is 2. The summed E-state index contributed by atoms with van der Waals surface area (Å²) in [5.74, 6) is -2.24. The van der Waals surface area contributed by atoms with E-state index in [1.807, 2.05) is 0 Å². The van der Waals surface area contributed by atoms with Gasteiger partial charge in [0.1, 0.15) is 24.2 Å². The number of oxime groups is 1. The summed E-state index contributed by atoms with van der Waals surface area (Å²) >= 11 is 2.46. The van der Waals surface area contributed by atoms with Crippen LogP contribution in [0.4, 0.5) is 5.13 Å². The number of carbonyl (C=O) groups excluding carboxylic acids is 3. The van der Waals surface area contributed by atoms with Crippen molar-refractivity contribution in [2.75, 3.05) is 18.6 Å². The molecular formula is C13H12N5NaO5S2. The van der Waals surface area contributed by atoms with Crippen LogP contribution in [0.25, 0.3) is 0 Å². The molecule has 3 rings (SSSR count). The van der Waals surface area contributed by atoms with Crippen molar-refractivity contribution in [2.24, 2.45) is 5.16 Å². The summed E-state index contributed by atoms with van der Waals surface area (Å²) in [4.78, 5) is 45.5. The number of nitrogens with one attached hydrogen (secondary N) is 1. The molecule has 3 N–H and O–H groups in total. The normalized spacial score (nSPS) is 21.7. The van der Waals surface area contributed by atoms with Crippen LogP contribution >= 0.6 is 23.1 Å². The number of rotatable bonds is 5. The van der Waals surface area contributed by atoms with Crippen molar-refractivity contribution in [2.45, 2.75) is 11.4 Å². The molecule has 132 valence electrons. The summed E-state index contributed by atoms with van der Waals surface area (Å²) < 4.78 is 0. The first-order valence-electron chi connectivity index (χ1n) is 6.93. The molecule has 0 aromatic carbocycles. The van der Waals surface area contributed by atoms with Crippen molar-refractivity contribution in [3.63, 3.8) is 0 Å². The van der Waals surface area contributed by atoms with Gasteiger partial charge in [0.15, 0.2) is 10.8 Å². The molecule has 1 aromatic heterocycles. The van der Waals surface area contributed by atoms with E-state index >= 15 is 0 Å². The number of nitrogens with two attached hydrogens (primary N) is 1. The van der Waals surface area contributed by atoms with Crippen LogP contribution in [0.2, 0.25) is 0 Å². The Morgan fingerprint density at radius 1 is 1.54 bits per heavy atom. The van der Waals surface area contributed by atoms with Crippen LogP contribution in [0.3, 0.4) is 0 Å². The number of hydrogen-bond donors (Lipinski definition) is 2. The molecule has 0 radical (unpaired) electrons. The second-order valence-corrected chi connectivity index (χ2v) is 6.99. The van der Waals surface area contributed by atoms with Crippen molar-refractivity contribution < 1.29 is 53.9 Å². The van der Waals surface area contributed by atoms with E-state index in [1.54, 1.807) is 0 Å². The standard InChI is InChI=1S/C13H13N5O5S2.Na/c1-23-17-7(5-4-25-13(14)15-5)9(19)16-8-10(20)18-6(12(21)22)2-3-24-11(8)18;/h2,4,8,11H,3H2,1H3,(H2,14,15)(H,16,19)(H,21,22);/q;+1/p-1/b17-7-;. The molecule has 0 saturated carbocycles. The summed E-state index contributed by atoms with van der Waals surface area (Å²) in [7, 11) is 1.27. The summed E-state index contributed by atoms with van der Waals surface area (Å²) in [6.45, 7) is 0. The number of thiazole rings is 1. The maximum Gasteiger partial charge on any atom is 1.00 e. The third kappa shape index (κ3) is 3.74. The average Bonchev–Trinajstić information content (AvgIpc) is 3.02. The molecule has 0 spiro atoms. The molecule has 10 nitrogen and oxygen atoms in total. The third-order valence-corrected chi connectivity index (χ3v) is 5.36. The Morgan fingerprint density at radius 2 is 2.27 bits per heavy atom. The first kappa shape index (κ1) is 20.7. The van der Waals surface area contributed by atoms with Crippen LogP contribution in [0.5, 0.6) is 0 Å². The number of fused-ring (bicyclic) bond motifs is 1. The number of β-lactam (4-membered cyclic amide) rings is 1. The Kier molecular flexibility index (Phi) is 6.69. The maximum absolute atomic E-state index is 12.5. The van der Waals surface area contributed by atoms with Gasteiger partial charge in [-0.25, -0.2) is 4.98 Å². The SMILES string of the molecule is CO/N=C(\C(=O)NC1C(=O)N2C(C(=O)[O-])=CCSC12)c1csc(N)n1.[Na+]. The minimum absolute atomic E-state index is 0. The second-order valence-electron chi connectivity index (χ2n) is 4.95. The van der Waals surface area contributed by atoms with Gasteiger partial charge in [-0.2, -0.15) is 0 Å². The third-order valence-electron chi connectivity index (χ3n) is 3.50. The van der Waals surface area contributed by atoms with Gasteiger partial charge in [0.25, 0.3) is 11.8 Å². The monoisotopic (exact) mass is 405 g/mol. The molecule has 2 unspecified atom stereocenters. The van der Waals surface area contributed by atoms with E-state index in [2.05, 4.69) is 20.3 Å². The Labute approximate surface area is 178 Å². The first-order chi connectivity index (χ1) is 11.9. The van der Waals surface area contributed by atoms with E-state index in [4.69, 9.17) is 5.73 Å². The molecule has 13 heteroatoms. The Morgan fingerprint density at radius 3 is 2.85 bits per heavy atom. The van der Waals surface area contributed by atoms with Crippen LogP contribution in [-0.2, 0) is 19.2 Å². The molecule has 1 aromatic rings. The maximum atomic E-state index is 12.5. The molecule has 2 aliphatic rings. The molecule has 2 amide bonds. The molecular weight excluding hydrogens is 393 g/mol. The molecule has 1 saturated heterocycles. The molecule has 0 bridgehead atoms. The predicted molar refractivity (Wildman–Crippen MR) is 88.2 cm³/mol. The fourth-order valence-corrected chi connectivity index (χ4v) is 4.17. The molecule has 2 aliphatic heterocycles. The van der Waals surface area contributed by atoms with E-state index in [-0.39, 0.29) is 51.8 Å². The smallest absolute Gasteiger partial charge is 0.543 e. The zero-order valence-corrected chi connectivity index (χ0v) is 17.4. The van der Waals surface area contributed by atoms with E-state index in [1.165, 1.54) is 30.3 Å². The van der Waals surface area contributed by atoms with E-state index < -0.39 is 29.2 Å². The minimum Gasteiger partial charge on any atom is -0.543 e. The minimum atomic E-state index is -1.43. The topological polar surface area (TPSA) is 150 Å². The fraction of sp³-hybridized carbons (Fsp3) is 0.308. The van der Waals surface area contributed by atoms with Crippen molar-refractivity contribution >= 4 is 51.7 Å². The van der Waals surface area contributed by atoms with Gasteiger partial charge in [-0.15, -0.1) is 23.1 Å². The zero-order valence-electron chi connectivity index (χ0n) is 13.8. The van der Waals surface area contributed by atoms with Crippen LogP contribution in [0.1, 0.15) is 5.69 Å². The van der Waals surface area contributed by atoms with E-state index in [0.29, 0.717) is 5.75 Å². The van der Waals surface area contributed by atoms with Crippen molar-refractivity contribution in [1.29, 1.82) is 0 Å². The molecule has 0 aliphatic carbocycles. The Bertz CT molecular complexity index is 811. The Hall–Kier alpha value is -1.60.